The molecule has 0 aliphatic carbocycles. The molecule has 3 amide bonds. The number of aryl methyl sites for hydroxylation is 4. The highest BCUT2D eigenvalue weighted by Crippen LogP contribution is 2.39. The Morgan fingerprint density at radius 2 is 0.735 bits per heavy atom. The zero-order valence-corrected chi connectivity index (χ0v) is 62.3. The molecule has 0 unspecified atom stereocenters. The zero-order valence-electron chi connectivity index (χ0n) is 62.3. The van der Waals surface area contributed by atoms with Gasteiger partial charge in [0.15, 0.2) is 17.5 Å². The van der Waals surface area contributed by atoms with Gasteiger partial charge in [-0.25, -0.2) is 48.9 Å². The Labute approximate surface area is 640 Å². The number of carbonyl (C=O) groups is 6. The lowest BCUT2D eigenvalue weighted by atomic mass is 10.1. The van der Waals surface area contributed by atoms with Crippen LogP contribution >= 0.6 is 0 Å². The van der Waals surface area contributed by atoms with E-state index >= 15 is 0 Å². The molecule has 1 aromatic carbocycles. The minimum Gasteiger partial charge on any atom is -0.494 e. The molecule has 0 radical (unpaired) electrons. The smallest absolute Gasteiger partial charge is 0.295 e. The van der Waals surface area contributed by atoms with Gasteiger partial charge in [0.2, 0.25) is 11.8 Å². The van der Waals surface area contributed by atoms with Crippen LogP contribution in [0.5, 0.6) is 29.0 Å². The molecule has 18 rings (SSSR count). The number of H-pyrrole nitrogens is 3. The van der Waals surface area contributed by atoms with E-state index in [4.69, 9.17) is 23.7 Å². The van der Waals surface area contributed by atoms with Crippen molar-refractivity contribution in [3.05, 3.63) is 193 Å². The van der Waals surface area contributed by atoms with Crippen LogP contribution in [0.1, 0.15) is 71.7 Å². The number of rotatable bonds is 17. The quantitative estimate of drug-likeness (QED) is 0.0625. The molecule has 0 atom stereocenters. The lowest BCUT2D eigenvalue weighted by molar-refractivity contribution is -0.128. The predicted octanol–water partition coefficient (Wildman–Crippen LogP) is 6.76. The van der Waals surface area contributed by atoms with Crippen molar-refractivity contribution in [1.29, 1.82) is 0 Å². The van der Waals surface area contributed by atoms with E-state index in [2.05, 4.69) is 89.6 Å². The van der Waals surface area contributed by atoms with E-state index in [1.54, 1.807) is 47.4 Å². The molecule has 17 heterocycles. The van der Waals surface area contributed by atoms with Crippen LogP contribution in [0.4, 0.5) is 0 Å². The van der Waals surface area contributed by atoms with Crippen LogP contribution in [0.3, 0.4) is 0 Å². The first-order valence-electron chi connectivity index (χ1n) is 35.5. The summed E-state index contributed by atoms with van der Waals surface area (Å²) < 4.78 is 38.1. The highest BCUT2D eigenvalue weighted by Gasteiger charge is 2.37. The van der Waals surface area contributed by atoms with Crippen LogP contribution in [-0.2, 0) is 53.7 Å². The largest absolute Gasteiger partial charge is 0.494 e. The highest BCUT2D eigenvalue weighted by atomic mass is 16.5. The summed E-state index contributed by atoms with van der Waals surface area (Å²) in [4.78, 5) is 143. The molecule has 3 N–H and O–H groups in total. The molecule has 14 aromatic heterocycles. The van der Waals surface area contributed by atoms with Crippen molar-refractivity contribution >= 4 is 67.8 Å². The number of imidazole rings is 3. The molecule has 0 saturated carbocycles. The number of hydrogen-bond acceptors (Lipinski definition) is 25. The maximum absolute atomic E-state index is 13.5. The zero-order chi connectivity index (χ0) is 78.5. The number of nitrogens with one attached hydrogen (secondary N) is 3. The van der Waals surface area contributed by atoms with E-state index in [0.717, 1.165) is 45.6 Å². The molecule has 570 valence electrons. The van der Waals surface area contributed by atoms with Gasteiger partial charge in [-0.15, -0.1) is 0 Å². The van der Waals surface area contributed by atoms with Gasteiger partial charge in [0.1, 0.15) is 82.6 Å². The maximum atomic E-state index is 13.5. The summed E-state index contributed by atoms with van der Waals surface area (Å²) in [5.41, 5.74) is 7.99. The first-order chi connectivity index (χ1) is 54.9. The van der Waals surface area contributed by atoms with Crippen LogP contribution in [0.15, 0.2) is 135 Å². The van der Waals surface area contributed by atoms with Gasteiger partial charge >= 0.3 is 0 Å². The number of Topliss-reactive ketones (excluding diaryl/α,β-unsaturated/α-hetero) is 3. The lowest BCUT2D eigenvalue weighted by Gasteiger charge is -2.28. The Hall–Kier alpha value is -14.9. The van der Waals surface area contributed by atoms with Gasteiger partial charge in [0.25, 0.3) is 35.1 Å². The first-order valence-corrected chi connectivity index (χ1v) is 35.5. The second kappa shape index (κ2) is 29.9. The summed E-state index contributed by atoms with van der Waals surface area (Å²) in [6, 6.07) is 21.2. The van der Waals surface area contributed by atoms with Gasteiger partial charge in [-0.3, -0.25) is 38.7 Å². The van der Waals surface area contributed by atoms with Crippen molar-refractivity contribution in [2.24, 2.45) is 0 Å². The second-order valence-corrected chi connectivity index (χ2v) is 26.2. The van der Waals surface area contributed by atoms with Crippen LogP contribution in [0.25, 0.3) is 84.2 Å². The molecule has 0 fully saturated rings. The molecule has 15 aromatic rings. The van der Waals surface area contributed by atoms with Crippen LogP contribution < -0.4 is 23.7 Å². The van der Waals surface area contributed by atoms with Gasteiger partial charge in [0.05, 0.1) is 146 Å². The Bertz CT molecular complexity index is 5970. The Morgan fingerprint density at radius 1 is 0.381 bits per heavy atom. The fourth-order valence-corrected chi connectivity index (χ4v) is 14.3. The number of benzene rings is 1. The Balaban J connectivity index is 0.000000128. The van der Waals surface area contributed by atoms with Crippen molar-refractivity contribution in [3.63, 3.8) is 0 Å². The third-order valence-electron chi connectivity index (χ3n) is 19.5. The molecule has 37 nitrogen and oxygen atoms in total. The number of aromatic amines is 3. The van der Waals surface area contributed by atoms with Gasteiger partial charge in [-0.2, -0.15) is 25.3 Å². The van der Waals surface area contributed by atoms with Crippen molar-refractivity contribution in [2.45, 2.75) is 67.0 Å². The number of aromatic nitrogens is 23. The second-order valence-electron chi connectivity index (χ2n) is 26.2. The number of nitrogens with zero attached hydrogens (tertiary/aromatic N) is 23. The molecule has 37 heteroatoms. The van der Waals surface area contributed by atoms with E-state index in [1.807, 2.05) is 82.8 Å². The number of ether oxygens (including phenoxy) is 5. The number of methoxy groups -OCH3 is 5. The molecule has 113 heavy (non-hydrogen) atoms. The SMILES string of the molecule is COc1cnc(-n2cnc(C)n2)c2[nH]cc(C(=O)C(=O)N3CCn4c(nc(C)c4-c4ccccn4)C3)c12.COc1nc2n(c1-c1ccccc1)CCN(C(=O)C(=O)c1c[nH]c3c(-n4cnc(C)n4)ncc(OC)c13)C2.COc1nc2n(c1-c1ccccn1)CCN(C(=O)C(=O)c1c[nH]c3c(-n4cnc(C)n4)ncc(OC)c13)C2. The van der Waals surface area contributed by atoms with E-state index in [0.29, 0.717) is 148 Å². The first kappa shape index (κ1) is 72.3. The number of ketones is 3. The summed E-state index contributed by atoms with van der Waals surface area (Å²) in [6.07, 6.45) is 17.0. The van der Waals surface area contributed by atoms with Gasteiger partial charge in [-0.05, 0) is 52.0 Å². The number of fused-ring (bicyclic) bond motifs is 6. The summed E-state index contributed by atoms with van der Waals surface area (Å²) in [6.45, 7) is 10.2. The fourth-order valence-electron chi connectivity index (χ4n) is 14.3. The average Bonchev–Trinajstić information content (AvgIpc) is 1.64. The third kappa shape index (κ3) is 13.1. The standard InChI is InChI=1S/C26H24N8O4.C25H23N9O4.C25H23N9O3/c1-15-29-14-34(31-15)24-21-20(18(37-2)12-28-24)17(11-27-21)23(35)26(36)32-9-10-33-19(13-32)30-25(38-3)22(33)16-7-5-4-6-8-16;1-14-29-13-34(31-14)23-20-19(17(37-2)11-28-23)15(10-27-20)22(35)25(36)32-8-9-33-18(12-32)30-24(38-3)21(33)16-6-4-5-7-26-16;1-14-22(17-6-4-5-7-26-17)33-9-8-32(12-19(33)30-14)25(36)23(35)16-10-27-21-20(16)18(37-3)11-28-24(21)34-13-29-15(2)31-34/h4-8,11-12,14,27H,9-10,13H2,1-3H3;4-7,10-11,13,27H,8-9,12H2,1-3H3;4-7,10-11,13,27H,8-9,12H2,1-3H3. The van der Waals surface area contributed by atoms with Gasteiger partial charge in [-0.1, -0.05) is 42.5 Å². The normalized spacial score (nSPS) is 13.0. The fraction of sp³-hybridized carbons (Fsp3) is 0.237. The van der Waals surface area contributed by atoms with Crippen LogP contribution in [0, 0.1) is 27.7 Å². The molecular weight excluding hydrogens is 1450 g/mol. The Morgan fingerprint density at radius 3 is 1.09 bits per heavy atom. The maximum Gasteiger partial charge on any atom is 0.295 e. The van der Waals surface area contributed by atoms with Gasteiger partial charge in [0, 0.05) is 75.8 Å². The minimum absolute atomic E-state index is 0.151. The van der Waals surface area contributed by atoms with Crippen molar-refractivity contribution < 1.29 is 52.5 Å². The van der Waals surface area contributed by atoms with Crippen LogP contribution in [-0.4, -0.2) is 218 Å². The van der Waals surface area contributed by atoms with E-state index in [9.17, 15) is 28.8 Å². The van der Waals surface area contributed by atoms with Crippen molar-refractivity contribution in [1.82, 2.24) is 128 Å². The lowest BCUT2D eigenvalue weighted by Crippen LogP contribution is -2.42. The molecule has 3 aliphatic rings. The molecule has 0 bridgehead atoms. The molecular formula is C76H70N26O11. The monoisotopic (exact) mass is 1520 g/mol. The summed E-state index contributed by atoms with van der Waals surface area (Å²) in [5, 5.41) is 14.3. The summed E-state index contributed by atoms with van der Waals surface area (Å²) in [5.74, 6) is 3.17. The Kier molecular flexibility index (Phi) is 19.1. The topological polar surface area (TPSA) is 416 Å². The van der Waals surface area contributed by atoms with Crippen molar-refractivity contribution in [3.8, 4) is 80.5 Å². The van der Waals surface area contributed by atoms with E-state index < -0.39 is 35.1 Å². The predicted molar refractivity (Wildman–Crippen MR) is 403 cm³/mol. The molecule has 3 aliphatic heterocycles. The number of carbonyl (C=O) groups excluding carboxylic acids is 6. The third-order valence-corrected chi connectivity index (χ3v) is 19.5. The summed E-state index contributed by atoms with van der Waals surface area (Å²) in [7, 11) is 7.57. The minimum atomic E-state index is -0.668. The number of pyridine rings is 5. The van der Waals surface area contributed by atoms with Crippen LogP contribution in [0.2, 0.25) is 0 Å². The van der Waals surface area contributed by atoms with E-state index in [1.165, 1.54) is 106 Å². The number of amides is 3. The summed E-state index contributed by atoms with van der Waals surface area (Å²) >= 11 is 0. The van der Waals surface area contributed by atoms with E-state index in [-0.39, 0.29) is 36.3 Å². The van der Waals surface area contributed by atoms with Crippen molar-refractivity contribution in [2.75, 3.05) is 55.2 Å². The highest BCUT2D eigenvalue weighted by molar-refractivity contribution is 6.46. The molecule has 0 spiro atoms. The van der Waals surface area contributed by atoms with Gasteiger partial charge < -0.3 is 67.0 Å². The average molecular weight is 1520 g/mol. The number of hydrogen-bond donors (Lipinski definition) is 3. The molecule has 0 saturated heterocycles.